The molecule has 0 aliphatic carbocycles. The summed E-state index contributed by atoms with van der Waals surface area (Å²) in [6.07, 6.45) is 5.92. The van der Waals surface area contributed by atoms with E-state index in [1.165, 1.54) is 35.8 Å². The predicted octanol–water partition coefficient (Wildman–Crippen LogP) is 3.06. The fourth-order valence-electron chi connectivity index (χ4n) is 4.09. The standard InChI is InChI=1S/C20H22N6O/c1-12-6-16-17(24-25-19(16)13-4-3-5-21-9-13)8-15(12)14-7-18(27-2)20-22-11-23-26(20)10-14/h6-8,10-11,13,21H,3-5,9H2,1-2H3,(H,24,25). The van der Waals surface area contributed by atoms with Crippen molar-refractivity contribution >= 4 is 16.6 Å². The van der Waals surface area contributed by atoms with E-state index >= 15 is 0 Å². The number of aromatic nitrogens is 5. The molecule has 3 aromatic heterocycles. The van der Waals surface area contributed by atoms with Crippen LogP contribution in [0, 0.1) is 6.92 Å². The highest BCUT2D eigenvalue weighted by atomic mass is 16.5. The fourth-order valence-corrected chi connectivity index (χ4v) is 4.09. The van der Waals surface area contributed by atoms with Crippen molar-refractivity contribution in [3.63, 3.8) is 0 Å². The average Bonchev–Trinajstić information content (AvgIpc) is 3.33. The lowest BCUT2D eigenvalue weighted by atomic mass is 9.92. The van der Waals surface area contributed by atoms with Crippen molar-refractivity contribution in [1.82, 2.24) is 30.1 Å². The molecule has 7 nitrogen and oxygen atoms in total. The summed E-state index contributed by atoms with van der Waals surface area (Å²) < 4.78 is 7.26. The van der Waals surface area contributed by atoms with Crippen LogP contribution in [-0.4, -0.2) is 45.0 Å². The molecule has 0 radical (unpaired) electrons. The summed E-state index contributed by atoms with van der Waals surface area (Å²) >= 11 is 0. The van der Waals surface area contributed by atoms with E-state index in [9.17, 15) is 0 Å². The lowest BCUT2D eigenvalue weighted by Crippen LogP contribution is -2.28. The number of hydrogen-bond donors (Lipinski definition) is 2. The van der Waals surface area contributed by atoms with Crippen LogP contribution >= 0.6 is 0 Å². The van der Waals surface area contributed by atoms with Crippen LogP contribution in [0.5, 0.6) is 5.75 Å². The second kappa shape index (κ2) is 6.35. The van der Waals surface area contributed by atoms with E-state index in [4.69, 9.17) is 4.74 Å². The minimum absolute atomic E-state index is 0.476. The number of pyridine rings is 1. The van der Waals surface area contributed by atoms with Crippen molar-refractivity contribution in [2.75, 3.05) is 20.2 Å². The molecular weight excluding hydrogens is 340 g/mol. The van der Waals surface area contributed by atoms with E-state index in [1.807, 2.05) is 12.3 Å². The molecule has 4 heterocycles. The van der Waals surface area contributed by atoms with Crippen LogP contribution in [0.2, 0.25) is 0 Å². The Morgan fingerprint density at radius 1 is 1.26 bits per heavy atom. The number of methoxy groups -OCH3 is 1. The Bertz CT molecular complexity index is 1120. The third kappa shape index (κ3) is 2.66. The van der Waals surface area contributed by atoms with Crippen molar-refractivity contribution in [2.45, 2.75) is 25.7 Å². The molecule has 1 aliphatic heterocycles. The van der Waals surface area contributed by atoms with Gasteiger partial charge in [0.1, 0.15) is 6.33 Å². The summed E-state index contributed by atoms with van der Waals surface area (Å²) in [7, 11) is 1.66. The van der Waals surface area contributed by atoms with Gasteiger partial charge in [-0.1, -0.05) is 0 Å². The number of fused-ring (bicyclic) bond motifs is 2. The molecule has 1 saturated heterocycles. The van der Waals surface area contributed by atoms with E-state index in [1.54, 1.807) is 11.6 Å². The maximum atomic E-state index is 5.51. The van der Waals surface area contributed by atoms with Gasteiger partial charge in [0.15, 0.2) is 11.4 Å². The van der Waals surface area contributed by atoms with Gasteiger partial charge in [-0.2, -0.15) is 10.2 Å². The van der Waals surface area contributed by atoms with Gasteiger partial charge in [0.05, 0.1) is 18.3 Å². The highest BCUT2D eigenvalue weighted by molar-refractivity contribution is 5.89. The lowest BCUT2D eigenvalue weighted by molar-refractivity contribution is 0.417. The molecule has 4 aromatic rings. The number of rotatable bonds is 3. The number of nitrogens with one attached hydrogen (secondary N) is 2. The number of piperidine rings is 1. The molecule has 27 heavy (non-hydrogen) atoms. The van der Waals surface area contributed by atoms with Gasteiger partial charge >= 0.3 is 0 Å². The summed E-state index contributed by atoms with van der Waals surface area (Å²) in [4.78, 5) is 4.26. The number of ether oxygens (including phenoxy) is 1. The molecule has 0 saturated carbocycles. The first-order chi connectivity index (χ1) is 13.2. The molecule has 1 atom stereocenters. The molecule has 0 spiro atoms. The molecule has 5 rings (SSSR count). The Hall–Kier alpha value is -2.93. The van der Waals surface area contributed by atoms with Crippen LogP contribution < -0.4 is 10.1 Å². The second-order valence-corrected chi connectivity index (χ2v) is 7.19. The molecule has 1 unspecified atom stereocenters. The van der Waals surface area contributed by atoms with E-state index < -0.39 is 0 Å². The largest absolute Gasteiger partial charge is 0.493 e. The first-order valence-electron chi connectivity index (χ1n) is 9.31. The van der Waals surface area contributed by atoms with Crippen molar-refractivity contribution in [1.29, 1.82) is 0 Å². The Labute approximate surface area is 156 Å². The highest BCUT2D eigenvalue weighted by Crippen LogP contribution is 2.34. The van der Waals surface area contributed by atoms with Crippen molar-refractivity contribution in [2.24, 2.45) is 0 Å². The minimum Gasteiger partial charge on any atom is -0.493 e. The van der Waals surface area contributed by atoms with E-state index in [-0.39, 0.29) is 0 Å². The third-order valence-corrected chi connectivity index (χ3v) is 5.49. The second-order valence-electron chi connectivity index (χ2n) is 7.19. The van der Waals surface area contributed by atoms with Gasteiger partial charge in [-0.15, -0.1) is 0 Å². The maximum Gasteiger partial charge on any atom is 0.197 e. The molecule has 0 amide bonds. The molecule has 1 aliphatic rings. The van der Waals surface area contributed by atoms with Gasteiger partial charge in [0, 0.05) is 29.6 Å². The Morgan fingerprint density at radius 2 is 2.19 bits per heavy atom. The number of aryl methyl sites for hydroxylation is 1. The van der Waals surface area contributed by atoms with Crippen molar-refractivity contribution in [3.05, 3.63) is 42.0 Å². The topological polar surface area (TPSA) is 80.1 Å². The van der Waals surface area contributed by atoms with Gasteiger partial charge in [-0.25, -0.2) is 9.50 Å². The molecule has 0 bridgehead atoms. The van der Waals surface area contributed by atoms with Crippen LogP contribution in [0.4, 0.5) is 0 Å². The number of hydrogen-bond acceptors (Lipinski definition) is 5. The monoisotopic (exact) mass is 362 g/mol. The van der Waals surface area contributed by atoms with Crippen LogP contribution in [0.1, 0.15) is 30.0 Å². The Morgan fingerprint density at radius 3 is 3.00 bits per heavy atom. The van der Waals surface area contributed by atoms with Gasteiger partial charge in [0.2, 0.25) is 0 Å². The number of H-pyrrole nitrogens is 1. The molecule has 7 heteroatoms. The average molecular weight is 362 g/mol. The summed E-state index contributed by atoms with van der Waals surface area (Å²) in [5, 5.41) is 16.9. The molecule has 1 fully saturated rings. The highest BCUT2D eigenvalue weighted by Gasteiger charge is 2.21. The quantitative estimate of drug-likeness (QED) is 0.585. The van der Waals surface area contributed by atoms with Crippen LogP contribution in [0.25, 0.3) is 27.7 Å². The number of nitrogens with zero attached hydrogens (tertiary/aromatic N) is 4. The molecule has 1 aromatic carbocycles. The predicted molar refractivity (Wildman–Crippen MR) is 104 cm³/mol. The molecule has 138 valence electrons. The lowest BCUT2D eigenvalue weighted by Gasteiger charge is -2.21. The van der Waals surface area contributed by atoms with Gasteiger partial charge < -0.3 is 10.1 Å². The van der Waals surface area contributed by atoms with Gasteiger partial charge in [0.25, 0.3) is 0 Å². The number of aromatic amines is 1. The zero-order valence-corrected chi connectivity index (χ0v) is 15.5. The summed E-state index contributed by atoms with van der Waals surface area (Å²) in [5.41, 5.74) is 6.34. The van der Waals surface area contributed by atoms with E-state index in [2.05, 4.69) is 44.7 Å². The zero-order valence-electron chi connectivity index (χ0n) is 15.5. The van der Waals surface area contributed by atoms with Crippen LogP contribution in [0.3, 0.4) is 0 Å². The molecule has 2 N–H and O–H groups in total. The minimum atomic E-state index is 0.476. The smallest absolute Gasteiger partial charge is 0.197 e. The summed E-state index contributed by atoms with van der Waals surface area (Å²) in [6, 6.07) is 6.44. The molecular formula is C20H22N6O. The normalized spacial score (nSPS) is 17.6. The Kier molecular flexibility index (Phi) is 3.82. The van der Waals surface area contributed by atoms with Crippen molar-refractivity contribution in [3.8, 4) is 16.9 Å². The zero-order chi connectivity index (χ0) is 18.4. The maximum absolute atomic E-state index is 5.51. The van der Waals surface area contributed by atoms with Gasteiger partial charge in [-0.05, 0) is 55.6 Å². The number of benzene rings is 1. The van der Waals surface area contributed by atoms with Crippen LogP contribution in [-0.2, 0) is 0 Å². The third-order valence-electron chi connectivity index (χ3n) is 5.49. The SMILES string of the molecule is COc1cc(-c2cc3[nH]nc(C4CCCNC4)c3cc2C)cn2ncnc12. The fraction of sp³-hybridized carbons (Fsp3) is 0.350. The van der Waals surface area contributed by atoms with E-state index in [0.717, 1.165) is 29.7 Å². The van der Waals surface area contributed by atoms with E-state index in [0.29, 0.717) is 17.3 Å². The summed E-state index contributed by atoms with van der Waals surface area (Å²) in [6.45, 7) is 4.25. The van der Waals surface area contributed by atoms with Gasteiger partial charge in [-0.3, -0.25) is 5.10 Å². The van der Waals surface area contributed by atoms with Crippen LogP contribution in [0.15, 0.2) is 30.7 Å². The first kappa shape index (κ1) is 16.3. The van der Waals surface area contributed by atoms with Crippen molar-refractivity contribution < 1.29 is 4.74 Å². The Balaban J connectivity index is 1.63. The summed E-state index contributed by atoms with van der Waals surface area (Å²) in [5.74, 6) is 1.19. The first-order valence-corrected chi connectivity index (χ1v) is 9.31.